The van der Waals surface area contributed by atoms with Crippen LogP contribution in [0.25, 0.3) is 0 Å². The monoisotopic (exact) mass is 248 g/mol. The summed E-state index contributed by atoms with van der Waals surface area (Å²) < 4.78 is 13.5. The normalized spacial score (nSPS) is 9.62. The zero-order valence-corrected chi connectivity index (χ0v) is 8.82. The molecular weight excluding hydrogens is 239 g/mol. The maximum absolute atomic E-state index is 9.89. The minimum Gasteiger partial charge on any atom is -0.475 e. The Morgan fingerprint density at radius 3 is 1.94 bits per heavy atom. The van der Waals surface area contributed by atoms with Crippen LogP contribution in [0.5, 0.6) is 0 Å². The quantitative estimate of drug-likeness (QED) is 0.392. The third-order valence-electron chi connectivity index (χ3n) is 0.945. The summed E-state index contributed by atoms with van der Waals surface area (Å²) in [5.74, 6) is -2.59. The molecule has 0 spiro atoms. The van der Waals surface area contributed by atoms with Crippen molar-refractivity contribution in [1.29, 1.82) is 0 Å². The predicted molar refractivity (Wildman–Crippen MR) is 51.9 cm³/mol. The van der Waals surface area contributed by atoms with Gasteiger partial charge in [-0.3, -0.25) is 9.79 Å². The van der Waals surface area contributed by atoms with Crippen molar-refractivity contribution in [3.05, 3.63) is 37.1 Å². The van der Waals surface area contributed by atoms with Crippen molar-refractivity contribution in [2.24, 2.45) is 0 Å². The molecule has 0 fully saturated rings. The second-order valence-corrected chi connectivity index (χ2v) is 3.38. The molecule has 1 heterocycles. The number of carboxylic acids is 1. The van der Waals surface area contributed by atoms with E-state index in [1.807, 2.05) is 0 Å². The average Bonchev–Trinajstić information content (AvgIpc) is 2.18. The van der Waals surface area contributed by atoms with Crippen LogP contribution in [0.1, 0.15) is 0 Å². The van der Waals surface area contributed by atoms with Gasteiger partial charge in [0, 0.05) is 12.4 Å². The number of carboxylic acid groups (broad SMARTS) is 1. The second kappa shape index (κ2) is 6.67. The van der Waals surface area contributed by atoms with Gasteiger partial charge in [0.2, 0.25) is 5.76 Å². The number of hydrogen-bond acceptors (Lipinski definition) is 5. The van der Waals surface area contributed by atoms with E-state index < -0.39 is 19.6 Å². The van der Waals surface area contributed by atoms with Crippen molar-refractivity contribution in [3.8, 4) is 0 Å². The fourth-order valence-electron chi connectivity index (χ4n) is 0.436. The maximum atomic E-state index is 9.89. The van der Waals surface area contributed by atoms with Crippen LogP contribution in [0.15, 0.2) is 37.1 Å². The summed E-state index contributed by atoms with van der Waals surface area (Å²) >= 11 is 0. The van der Waals surface area contributed by atoms with E-state index in [2.05, 4.69) is 21.1 Å². The SMILES string of the molecule is C=C(OP(=O)(O)O)C(=O)O.c1cncnc1. The van der Waals surface area contributed by atoms with Gasteiger partial charge < -0.3 is 9.63 Å². The Hall–Kier alpha value is -1.76. The molecule has 8 nitrogen and oxygen atoms in total. The van der Waals surface area contributed by atoms with Gasteiger partial charge in [-0.15, -0.1) is 0 Å². The zero-order valence-electron chi connectivity index (χ0n) is 7.92. The van der Waals surface area contributed by atoms with Crippen molar-refractivity contribution in [2.45, 2.75) is 0 Å². The molecule has 0 radical (unpaired) electrons. The van der Waals surface area contributed by atoms with Gasteiger partial charge in [-0.25, -0.2) is 19.3 Å². The van der Waals surface area contributed by atoms with Crippen LogP contribution < -0.4 is 0 Å². The standard InChI is InChI=1S/C4H4N2.C3H5O6P/c1-2-5-4-6-3-1;1-2(3(4)5)9-10(6,7)8/h1-4H;1H2,(H,4,5)(H2,6,7,8). The Labute approximate surface area is 90.5 Å². The molecule has 3 N–H and O–H groups in total. The summed E-state index contributed by atoms with van der Waals surface area (Å²) in [5, 5.41) is 7.98. The number of aliphatic carboxylic acids is 1. The smallest absolute Gasteiger partial charge is 0.475 e. The second-order valence-electron chi connectivity index (χ2n) is 2.21. The van der Waals surface area contributed by atoms with Gasteiger partial charge in [0.1, 0.15) is 6.33 Å². The Morgan fingerprint density at radius 2 is 1.81 bits per heavy atom. The molecule has 0 unspecified atom stereocenters. The van der Waals surface area contributed by atoms with Crippen molar-refractivity contribution < 1.29 is 28.8 Å². The van der Waals surface area contributed by atoms with E-state index >= 15 is 0 Å². The van der Waals surface area contributed by atoms with Crippen molar-refractivity contribution in [1.82, 2.24) is 9.97 Å². The molecule has 1 aromatic rings. The van der Waals surface area contributed by atoms with Gasteiger partial charge in [-0.2, -0.15) is 0 Å². The van der Waals surface area contributed by atoms with E-state index in [0.29, 0.717) is 0 Å². The van der Waals surface area contributed by atoms with Crippen LogP contribution >= 0.6 is 7.82 Å². The van der Waals surface area contributed by atoms with Crippen LogP contribution in [0.2, 0.25) is 0 Å². The highest BCUT2D eigenvalue weighted by Crippen LogP contribution is 2.38. The zero-order chi connectivity index (χ0) is 12.6. The molecule has 16 heavy (non-hydrogen) atoms. The molecule has 0 saturated heterocycles. The summed E-state index contributed by atoms with van der Waals surface area (Å²) in [6.07, 6.45) is 4.88. The van der Waals surface area contributed by atoms with E-state index in [0.717, 1.165) is 0 Å². The average molecular weight is 248 g/mol. The summed E-state index contributed by atoms with van der Waals surface area (Å²) in [6, 6.07) is 1.78. The van der Waals surface area contributed by atoms with Crippen LogP contribution in [0.4, 0.5) is 0 Å². The first-order valence-electron chi connectivity index (χ1n) is 3.70. The summed E-state index contributed by atoms with van der Waals surface area (Å²) in [6.45, 7) is 2.73. The van der Waals surface area contributed by atoms with Gasteiger partial charge in [-0.05, 0) is 12.6 Å². The van der Waals surface area contributed by atoms with E-state index in [1.54, 1.807) is 18.5 Å². The fraction of sp³-hybridized carbons (Fsp3) is 0. The third kappa shape index (κ3) is 8.82. The third-order valence-corrected chi connectivity index (χ3v) is 1.40. The van der Waals surface area contributed by atoms with Crippen LogP contribution in [-0.2, 0) is 13.9 Å². The van der Waals surface area contributed by atoms with Gasteiger partial charge in [0.05, 0.1) is 0 Å². The molecule has 0 aliphatic heterocycles. The fourth-order valence-corrected chi connectivity index (χ4v) is 0.801. The highest BCUT2D eigenvalue weighted by Gasteiger charge is 2.19. The number of phosphoric ester groups is 1. The number of hydrogen-bond donors (Lipinski definition) is 3. The van der Waals surface area contributed by atoms with Crippen molar-refractivity contribution in [2.75, 3.05) is 0 Å². The molecule has 0 bridgehead atoms. The summed E-state index contributed by atoms with van der Waals surface area (Å²) in [5.41, 5.74) is 0. The highest BCUT2D eigenvalue weighted by atomic mass is 31.2. The first kappa shape index (κ1) is 14.2. The minimum atomic E-state index is -4.76. The van der Waals surface area contributed by atoms with E-state index in [4.69, 9.17) is 14.9 Å². The molecule has 0 atom stereocenters. The number of phosphoric acid groups is 1. The van der Waals surface area contributed by atoms with Gasteiger partial charge >= 0.3 is 13.8 Å². The number of carbonyl (C=O) groups is 1. The number of aromatic nitrogens is 2. The Kier molecular flexibility index (Phi) is 5.94. The first-order chi connectivity index (χ1) is 7.33. The Balaban J connectivity index is 0.000000315. The lowest BCUT2D eigenvalue weighted by molar-refractivity contribution is -0.135. The maximum Gasteiger partial charge on any atom is 0.525 e. The molecule has 1 aromatic heterocycles. The highest BCUT2D eigenvalue weighted by molar-refractivity contribution is 7.46. The molecule has 0 saturated carbocycles. The van der Waals surface area contributed by atoms with Crippen LogP contribution in [-0.4, -0.2) is 30.8 Å². The predicted octanol–water partition coefficient (Wildman–Crippen LogP) is 0.171. The molecule has 0 aromatic carbocycles. The molecular formula is C7H9N2O6P. The molecule has 0 aliphatic carbocycles. The number of nitrogens with zero attached hydrogens (tertiary/aromatic N) is 2. The largest absolute Gasteiger partial charge is 0.525 e. The summed E-state index contributed by atoms with van der Waals surface area (Å²) in [7, 11) is -4.76. The lowest BCUT2D eigenvalue weighted by atomic mass is 10.6. The van der Waals surface area contributed by atoms with Gasteiger partial charge in [-0.1, -0.05) is 0 Å². The topological polar surface area (TPSA) is 130 Å². The molecule has 88 valence electrons. The number of rotatable bonds is 3. The van der Waals surface area contributed by atoms with Crippen LogP contribution in [0, 0.1) is 0 Å². The minimum absolute atomic E-state index is 0.978. The lowest BCUT2D eigenvalue weighted by Gasteiger charge is -2.03. The van der Waals surface area contributed by atoms with E-state index in [-0.39, 0.29) is 0 Å². The van der Waals surface area contributed by atoms with Gasteiger partial charge in [0.25, 0.3) is 0 Å². The van der Waals surface area contributed by atoms with E-state index in [9.17, 15) is 9.36 Å². The molecule has 0 aliphatic rings. The molecule has 9 heteroatoms. The van der Waals surface area contributed by atoms with E-state index in [1.165, 1.54) is 6.33 Å². The Bertz CT molecular complexity index is 362. The molecule has 0 amide bonds. The van der Waals surface area contributed by atoms with Crippen molar-refractivity contribution in [3.63, 3.8) is 0 Å². The van der Waals surface area contributed by atoms with Crippen LogP contribution in [0.3, 0.4) is 0 Å². The summed E-state index contributed by atoms with van der Waals surface area (Å²) in [4.78, 5) is 33.2. The van der Waals surface area contributed by atoms with Crippen molar-refractivity contribution >= 4 is 13.8 Å². The first-order valence-corrected chi connectivity index (χ1v) is 5.23. The lowest BCUT2D eigenvalue weighted by Crippen LogP contribution is -2.01. The Morgan fingerprint density at radius 1 is 1.31 bits per heavy atom. The molecule has 1 rings (SSSR count). The van der Waals surface area contributed by atoms with Gasteiger partial charge in [0.15, 0.2) is 0 Å².